The molecule has 0 aliphatic carbocycles. The fourth-order valence-electron chi connectivity index (χ4n) is 1.11. The summed E-state index contributed by atoms with van der Waals surface area (Å²) in [7, 11) is 4.78. The molecule has 5 nitrogen and oxygen atoms in total. The topological polar surface area (TPSA) is 56.8 Å². The molecule has 0 unspecified atom stereocenters. The monoisotopic (exact) mass is 219 g/mol. The molecule has 5 heteroatoms. The second kappa shape index (κ2) is 9.89. The van der Waals surface area contributed by atoms with Crippen molar-refractivity contribution in [3.63, 3.8) is 0 Å². The van der Waals surface area contributed by atoms with E-state index in [0.29, 0.717) is 19.6 Å². The molecule has 0 saturated carbocycles. The maximum atomic E-state index is 11.1. The normalized spacial score (nSPS) is 10.7. The van der Waals surface area contributed by atoms with E-state index in [4.69, 9.17) is 14.2 Å². The molecule has 0 atom stereocenters. The van der Waals surface area contributed by atoms with Crippen molar-refractivity contribution in [2.45, 2.75) is 25.6 Å². The van der Waals surface area contributed by atoms with Crippen LogP contribution in [0, 0.1) is 0 Å². The Hall–Kier alpha value is -0.650. The SMILES string of the molecule is COCCC(=O)NCCCC(OC)OC. The van der Waals surface area contributed by atoms with Gasteiger partial charge in [-0.05, 0) is 6.42 Å². The van der Waals surface area contributed by atoms with Crippen LogP contribution in [-0.4, -0.2) is 46.7 Å². The molecular formula is C10H21NO4. The van der Waals surface area contributed by atoms with Gasteiger partial charge in [0.1, 0.15) is 0 Å². The zero-order chi connectivity index (χ0) is 11.5. The number of hydrogen-bond acceptors (Lipinski definition) is 4. The first-order chi connectivity index (χ1) is 7.24. The number of amides is 1. The number of methoxy groups -OCH3 is 3. The Morgan fingerprint density at radius 3 is 2.47 bits per heavy atom. The van der Waals surface area contributed by atoms with Crippen LogP contribution < -0.4 is 5.32 Å². The van der Waals surface area contributed by atoms with Gasteiger partial charge < -0.3 is 19.5 Å². The molecule has 0 fully saturated rings. The average molecular weight is 219 g/mol. The Bertz CT molecular complexity index is 160. The van der Waals surface area contributed by atoms with Gasteiger partial charge in [0.2, 0.25) is 5.91 Å². The first-order valence-corrected chi connectivity index (χ1v) is 5.05. The lowest BCUT2D eigenvalue weighted by atomic mass is 10.3. The predicted octanol–water partition coefficient (Wildman–Crippen LogP) is 0.538. The molecule has 0 spiro atoms. The van der Waals surface area contributed by atoms with Crippen LogP contribution in [-0.2, 0) is 19.0 Å². The summed E-state index contributed by atoms with van der Waals surface area (Å²) in [6, 6.07) is 0. The fraction of sp³-hybridized carbons (Fsp3) is 0.900. The summed E-state index contributed by atoms with van der Waals surface area (Å²) in [5, 5.41) is 2.79. The molecule has 0 saturated heterocycles. The molecule has 90 valence electrons. The fourth-order valence-corrected chi connectivity index (χ4v) is 1.11. The lowest BCUT2D eigenvalue weighted by molar-refractivity contribution is -0.122. The highest BCUT2D eigenvalue weighted by atomic mass is 16.7. The zero-order valence-corrected chi connectivity index (χ0v) is 9.75. The van der Waals surface area contributed by atoms with Crippen LogP contribution in [0.15, 0.2) is 0 Å². The number of carbonyl (C=O) groups is 1. The van der Waals surface area contributed by atoms with E-state index in [1.54, 1.807) is 21.3 Å². The molecule has 1 N–H and O–H groups in total. The van der Waals surface area contributed by atoms with Crippen LogP contribution in [0.5, 0.6) is 0 Å². The van der Waals surface area contributed by atoms with Gasteiger partial charge in [0.15, 0.2) is 6.29 Å². The van der Waals surface area contributed by atoms with Crippen LogP contribution in [0.25, 0.3) is 0 Å². The third-order valence-electron chi connectivity index (χ3n) is 2.00. The largest absolute Gasteiger partial charge is 0.384 e. The number of rotatable bonds is 9. The van der Waals surface area contributed by atoms with Crippen molar-refractivity contribution in [1.29, 1.82) is 0 Å². The van der Waals surface area contributed by atoms with Crippen LogP contribution in [0.4, 0.5) is 0 Å². The number of nitrogens with one attached hydrogen (secondary N) is 1. The van der Waals surface area contributed by atoms with Gasteiger partial charge in [0.05, 0.1) is 6.61 Å². The summed E-state index contributed by atoms with van der Waals surface area (Å²) in [6.07, 6.45) is 1.85. The molecule has 0 aromatic carbocycles. The van der Waals surface area contributed by atoms with E-state index in [0.717, 1.165) is 12.8 Å². The van der Waals surface area contributed by atoms with Gasteiger partial charge in [0.25, 0.3) is 0 Å². The third-order valence-corrected chi connectivity index (χ3v) is 2.00. The Labute approximate surface area is 91.1 Å². The first kappa shape index (κ1) is 14.3. The Kier molecular flexibility index (Phi) is 9.46. The van der Waals surface area contributed by atoms with E-state index in [1.165, 1.54) is 0 Å². The van der Waals surface area contributed by atoms with E-state index < -0.39 is 0 Å². The minimum absolute atomic E-state index is 0.0169. The molecule has 0 radical (unpaired) electrons. The van der Waals surface area contributed by atoms with E-state index in [-0.39, 0.29) is 12.2 Å². The van der Waals surface area contributed by atoms with Gasteiger partial charge in [0, 0.05) is 40.7 Å². The van der Waals surface area contributed by atoms with Gasteiger partial charge >= 0.3 is 0 Å². The predicted molar refractivity (Wildman–Crippen MR) is 56.5 cm³/mol. The van der Waals surface area contributed by atoms with Crippen LogP contribution in [0.3, 0.4) is 0 Å². The van der Waals surface area contributed by atoms with Crippen molar-refractivity contribution in [1.82, 2.24) is 5.32 Å². The second-order valence-electron chi connectivity index (χ2n) is 3.14. The molecule has 0 aliphatic rings. The van der Waals surface area contributed by atoms with Crippen molar-refractivity contribution in [3.8, 4) is 0 Å². The summed E-state index contributed by atoms with van der Waals surface area (Å²) in [5.41, 5.74) is 0. The third kappa shape index (κ3) is 8.35. The summed E-state index contributed by atoms with van der Waals surface area (Å²) in [5.74, 6) is 0.0169. The van der Waals surface area contributed by atoms with Crippen molar-refractivity contribution >= 4 is 5.91 Å². The van der Waals surface area contributed by atoms with Crippen molar-refractivity contribution in [3.05, 3.63) is 0 Å². The summed E-state index contributed by atoms with van der Waals surface area (Å²) in [6.45, 7) is 1.11. The van der Waals surface area contributed by atoms with E-state index in [9.17, 15) is 4.79 Å². The maximum absolute atomic E-state index is 11.1. The molecule has 0 aromatic heterocycles. The standard InChI is InChI=1S/C10H21NO4/c1-13-8-6-9(12)11-7-4-5-10(14-2)15-3/h10H,4-8H2,1-3H3,(H,11,12). The van der Waals surface area contributed by atoms with Gasteiger partial charge in [-0.25, -0.2) is 0 Å². The summed E-state index contributed by atoms with van der Waals surface area (Å²) >= 11 is 0. The van der Waals surface area contributed by atoms with Gasteiger partial charge in [-0.2, -0.15) is 0 Å². The Morgan fingerprint density at radius 1 is 1.27 bits per heavy atom. The highest BCUT2D eigenvalue weighted by molar-refractivity contribution is 5.75. The zero-order valence-electron chi connectivity index (χ0n) is 9.75. The highest BCUT2D eigenvalue weighted by Crippen LogP contribution is 2.00. The maximum Gasteiger partial charge on any atom is 0.222 e. The molecule has 0 aliphatic heterocycles. The van der Waals surface area contributed by atoms with Crippen LogP contribution in [0.1, 0.15) is 19.3 Å². The molecular weight excluding hydrogens is 198 g/mol. The second-order valence-corrected chi connectivity index (χ2v) is 3.14. The lowest BCUT2D eigenvalue weighted by Crippen LogP contribution is -2.26. The molecule has 0 aromatic rings. The Balaban J connectivity index is 3.33. The molecule has 1 amide bonds. The van der Waals surface area contributed by atoms with Gasteiger partial charge in [-0.3, -0.25) is 4.79 Å². The number of carbonyl (C=O) groups excluding carboxylic acids is 1. The quantitative estimate of drug-likeness (QED) is 0.454. The van der Waals surface area contributed by atoms with Gasteiger partial charge in [-0.15, -0.1) is 0 Å². The number of hydrogen-bond donors (Lipinski definition) is 1. The van der Waals surface area contributed by atoms with Gasteiger partial charge in [-0.1, -0.05) is 0 Å². The van der Waals surface area contributed by atoms with E-state index in [1.807, 2.05) is 0 Å². The lowest BCUT2D eigenvalue weighted by Gasteiger charge is -2.12. The summed E-state index contributed by atoms with van der Waals surface area (Å²) < 4.78 is 14.8. The Morgan fingerprint density at radius 2 is 1.93 bits per heavy atom. The van der Waals surface area contributed by atoms with Crippen molar-refractivity contribution in [2.75, 3.05) is 34.5 Å². The average Bonchev–Trinajstić information content (AvgIpc) is 2.26. The minimum Gasteiger partial charge on any atom is -0.384 e. The van der Waals surface area contributed by atoms with Crippen molar-refractivity contribution in [2.24, 2.45) is 0 Å². The molecule has 0 rings (SSSR count). The first-order valence-electron chi connectivity index (χ1n) is 5.05. The molecule has 0 bridgehead atoms. The smallest absolute Gasteiger partial charge is 0.222 e. The van der Waals surface area contributed by atoms with Crippen LogP contribution >= 0.6 is 0 Å². The van der Waals surface area contributed by atoms with Crippen molar-refractivity contribution < 1.29 is 19.0 Å². The van der Waals surface area contributed by atoms with Crippen LogP contribution in [0.2, 0.25) is 0 Å². The highest BCUT2D eigenvalue weighted by Gasteiger charge is 2.05. The summed E-state index contributed by atoms with van der Waals surface area (Å²) in [4.78, 5) is 11.1. The van der Waals surface area contributed by atoms with E-state index >= 15 is 0 Å². The molecule has 15 heavy (non-hydrogen) atoms. The minimum atomic E-state index is -0.180. The molecule has 0 heterocycles. The number of ether oxygens (including phenoxy) is 3. The van der Waals surface area contributed by atoms with E-state index in [2.05, 4.69) is 5.32 Å².